The molecule has 4 heteroatoms. The van der Waals surface area contributed by atoms with Crippen LogP contribution in [0.2, 0.25) is 0 Å². The monoisotopic (exact) mass is 338 g/mol. The molecule has 1 N–H and O–H groups in total. The number of ether oxygens (including phenoxy) is 1. The minimum Gasteiger partial charge on any atom is -0.493 e. The second-order valence-electron chi connectivity index (χ2n) is 6.38. The summed E-state index contributed by atoms with van der Waals surface area (Å²) in [7, 11) is 0. The van der Waals surface area contributed by atoms with Gasteiger partial charge in [0.15, 0.2) is 0 Å². The Bertz CT molecular complexity index is 826. The number of nitrogens with zero attached hydrogens (tertiary/aromatic N) is 2. The van der Waals surface area contributed by atoms with Gasteiger partial charge in [-0.1, -0.05) is 43.7 Å². The molecule has 0 spiro atoms. The van der Waals surface area contributed by atoms with E-state index in [9.17, 15) is 5.11 Å². The standard InChI is InChI=1S/C21H26N2O2/c1-3-9-19(24)21-22-17-11-5-6-12-18(17)23(21)14-8-15-25-20-13-7-4-10-16(20)2/h4-7,10-13,19,24H,3,8-9,14-15H2,1-2H3/t19-/m0/s1. The molecule has 0 aliphatic heterocycles. The Balaban J connectivity index is 1.71. The van der Waals surface area contributed by atoms with Gasteiger partial charge in [-0.3, -0.25) is 0 Å². The maximum absolute atomic E-state index is 10.5. The van der Waals surface area contributed by atoms with Gasteiger partial charge in [-0.2, -0.15) is 0 Å². The van der Waals surface area contributed by atoms with Crippen LogP contribution in [0.1, 0.15) is 43.7 Å². The Labute approximate surface area is 149 Å². The van der Waals surface area contributed by atoms with Crippen molar-refractivity contribution in [1.82, 2.24) is 9.55 Å². The van der Waals surface area contributed by atoms with Crippen LogP contribution in [0.15, 0.2) is 48.5 Å². The molecule has 0 bridgehead atoms. The highest BCUT2D eigenvalue weighted by atomic mass is 16.5. The second-order valence-corrected chi connectivity index (χ2v) is 6.38. The summed E-state index contributed by atoms with van der Waals surface area (Å²) in [5, 5.41) is 10.5. The van der Waals surface area contributed by atoms with E-state index in [2.05, 4.69) is 35.5 Å². The third-order valence-electron chi connectivity index (χ3n) is 4.42. The number of hydrogen-bond donors (Lipinski definition) is 1. The van der Waals surface area contributed by atoms with Crippen molar-refractivity contribution in [2.24, 2.45) is 0 Å². The van der Waals surface area contributed by atoms with Gasteiger partial charge in [0, 0.05) is 6.54 Å². The predicted molar refractivity (Wildman–Crippen MR) is 101 cm³/mol. The quantitative estimate of drug-likeness (QED) is 0.608. The van der Waals surface area contributed by atoms with E-state index < -0.39 is 6.10 Å². The van der Waals surface area contributed by atoms with Gasteiger partial charge in [0.2, 0.25) is 0 Å². The molecule has 25 heavy (non-hydrogen) atoms. The Morgan fingerprint density at radius 2 is 1.88 bits per heavy atom. The van der Waals surface area contributed by atoms with Crippen molar-refractivity contribution in [3.8, 4) is 5.75 Å². The molecule has 3 rings (SSSR count). The molecule has 0 amide bonds. The van der Waals surface area contributed by atoms with Crippen molar-refractivity contribution < 1.29 is 9.84 Å². The normalized spacial score (nSPS) is 12.4. The molecule has 4 nitrogen and oxygen atoms in total. The molecule has 0 radical (unpaired) electrons. The number of imidazole rings is 1. The molecule has 1 heterocycles. The molecular weight excluding hydrogens is 312 g/mol. The van der Waals surface area contributed by atoms with Crippen LogP contribution >= 0.6 is 0 Å². The van der Waals surface area contributed by atoms with Crippen molar-refractivity contribution in [1.29, 1.82) is 0 Å². The summed E-state index contributed by atoms with van der Waals surface area (Å²) >= 11 is 0. The lowest BCUT2D eigenvalue weighted by atomic mass is 10.2. The number of aromatic nitrogens is 2. The number of hydrogen-bond acceptors (Lipinski definition) is 3. The Morgan fingerprint density at radius 3 is 2.68 bits per heavy atom. The van der Waals surface area contributed by atoms with Crippen molar-refractivity contribution in [3.05, 3.63) is 59.9 Å². The number of aliphatic hydroxyl groups is 1. The lowest BCUT2D eigenvalue weighted by molar-refractivity contribution is 0.152. The molecule has 0 saturated heterocycles. The molecule has 0 fully saturated rings. The zero-order valence-corrected chi connectivity index (χ0v) is 15.0. The minimum atomic E-state index is -0.519. The fraction of sp³-hybridized carbons (Fsp3) is 0.381. The fourth-order valence-electron chi connectivity index (χ4n) is 3.11. The van der Waals surface area contributed by atoms with Gasteiger partial charge >= 0.3 is 0 Å². The topological polar surface area (TPSA) is 47.3 Å². The number of aliphatic hydroxyl groups excluding tert-OH is 1. The smallest absolute Gasteiger partial charge is 0.138 e. The van der Waals surface area contributed by atoms with E-state index in [1.165, 1.54) is 0 Å². The predicted octanol–water partition coefficient (Wildman–Crippen LogP) is 4.65. The van der Waals surface area contributed by atoms with E-state index >= 15 is 0 Å². The van der Waals surface area contributed by atoms with Crippen LogP contribution in [0.3, 0.4) is 0 Å². The first-order valence-electron chi connectivity index (χ1n) is 9.02. The molecular formula is C21H26N2O2. The number of para-hydroxylation sites is 3. The Morgan fingerprint density at radius 1 is 1.12 bits per heavy atom. The van der Waals surface area contributed by atoms with Crippen LogP contribution in [-0.2, 0) is 6.54 Å². The van der Waals surface area contributed by atoms with E-state index in [1.807, 2.05) is 36.4 Å². The van der Waals surface area contributed by atoms with Gasteiger partial charge in [0.25, 0.3) is 0 Å². The summed E-state index contributed by atoms with van der Waals surface area (Å²) in [4.78, 5) is 4.65. The molecule has 0 saturated carbocycles. The van der Waals surface area contributed by atoms with Gasteiger partial charge in [-0.25, -0.2) is 4.98 Å². The van der Waals surface area contributed by atoms with Crippen molar-refractivity contribution in [2.75, 3.05) is 6.61 Å². The molecule has 132 valence electrons. The van der Waals surface area contributed by atoms with Gasteiger partial charge in [-0.05, 0) is 43.5 Å². The molecule has 0 aliphatic rings. The zero-order chi connectivity index (χ0) is 17.6. The van der Waals surface area contributed by atoms with Crippen molar-refractivity contribution >= 4 is 11.0 Å². The average molecular weight is 338 g/mol. The molecule has 1 aromatic heterocycles. The molecule has 3 aromatic rings. The average Bonchev–Trinajstić information content (AvgIpc) is 2.99. The first-order valence-corrected chi connectivity index (χ1v) is 9.02. The summed E-state index contributed by atoms with van der Waals surface area (Å²) < 4.78 is 8.03. The maximum atomic E-state index is 10.5. The summed E-state index contributed by atoms with van der Waals surface area (Å²) in [5.74, 6) is 1.70. The van der Waals surface area contributed by atoms with Gasteiger partial charge in [0.05, 0.1) is 17.6 Å². The van der Waals surface area contributed by atoms with E-state index in [-0.39, 0.29) is 0 Å². The largest absolute Gasteiger partial charge is 0.493 e. The number of fused-ring (bicyclic) bond motifs is 1. The van der Waals surface area contributed by atoms with Crippen molar-refractivity contribution in [2.45, 2.75) is 45.8 Å². The molecule has 0 unspecified atom stereocenters. The number of rotatable bonds is 8. The van der Waals surface area contributed by atoms with Gasteiger partial charge in [0.1, 0.15) is 17.7 Å². The van der Waals surface area contributed by atoms with Gasteiger partial charge in [-0.15, -0.1) is 0 Å². The Kier molecular flexibility index (Phi) is 5.71. The highest BCUT2D eigenvalue weighted by Gasteiger charge is 2.17. The first kappa shape index (κ1) is 17.5. The van der Waals surface area contributed by atoms with Gasteiger partial charge < -0.3 is 14.4 Å². The number of aryl methyl sites for hydroxylation is 2. The van der Waals surface area contributed by atoms with E-state index in [0.29, 0.717) is 6.61 Å². The summed E-state index contributed by atoms with van der Waals surface area (Å²) in [6.45, 7) is 5.55. The summed E-state index contributed by atoms with van der Waals surface area (Å²) in [5.41, 5.74) is 3.16. The lowest BCUT2D eigenvalue weighted by Gasteiger charge is -2.14. The fourth-order valence-corrected chi connectivity index (χ4v) is 3.11. The van der Waals surface area contributed by atoms with Crippen LogP contribution in [-0.4, -0.2) is 21.3 Å². The summed E-state index contributed by atoms with van der Waals surface area (Å²) in [6.07, 6.45) is 2.00. The Hall–Kier alpha value is -2.33. The molecule has 0 aliphatic carbocycles. The summed E-state index contributed by atoms with van der Waals surface area (Å²) in [6, 6.07) is 16.1. The molecule has 1 atom stereocenters. The maximum Gasteiger partial charge on any atom is 0.138 e. The van der Waals surface area contributed by atoms with E-state index in [4.69, 9.17) is 4.74 Å². The lowest BCUT2D eigenvalue weighted by Crippen LogP contribution is -2.11. The van der Waals surface area contributed by atoms with Crippen LogP contribution < -0.4 is 4.74 Å². The van der Waals surface area contributed by atoms with E-state index in [0.717, 1.165) is 54.0 Å². The molecule has 2 aromatic carbocycles. The minimum absolute atomic E-state index is 0.519. The van der Waals surface area contributed by atoms with E-state index in [1.54, 1.807) is 0 Å². The highest BCUT2D eigenvalue weighted by Crippen LogP contribution is 2.24. The van der Waals surface area contributed by atoms with Crippen LogP contribution in [0.5, 0.6) is 5.75 Å². The van der Waals surface area contributed by atoms with Crippen LogP contribution in [0.25, 0.3) is 11.0 Å². The zero-order valence-electron chi connectivity index (χ0n) is 15.0. The third kappa shape index (κ3) is 4.02. The van der Waals surface area contributed by atoms with Crippen LogP contribution in [0.4, 0.5) is 0 Å². The highest BCUT2D eigenvalue weighted by molar-refractivity contribution is 5.76. The van der Waals surface area contributed by atoms with Crippen LogP contribution in [0, 0.1) is 6.92 Å². The SMILES string of the molecule is CCC[C@H](O)c1nc2ccccc2n1CCCOc1ccccc1C. The first-order chi connectivity index (χ1) is 12.2. The van der Waals surface area contributed by atoms with Crippen molar-refractivity contribution in [3.63, 3.8) is 0 Å². The second kappa shape index (κ2) is 8.17. The third-order valence-corrected chi connectivity index (χ3v) is 4.42. The number of benzene rings is 2.